The van der Waals surface area contributed by atoms with Crippen LogP contribution in [0.2, 0.25) is 0 Å². The van der Waals surface area contributed by atoms with Gasteiger partial charge in [-0.25, -0.2) is 4.98 Å². The van der Waals surface area contributed by atoms with Gasteiger partial charge in [0.1, 0.15) is 0 Å². The highest BCUT2D eigenvalue weighted by atomic mass is 16.1. The monoisotopic (exact) mass is 279 g/mol. The summed E-state index contributed by atoms with van der Waals surface area (Å²) in [5, 5.41) is 0. The summed E-state index contributed by atoms with van der Waals surface area (Å²) in [7, 11) is 0. The first-order valence-corrected chi connectivity index (χ1v) is 6.92. The van der Waals surface area contributed by atoms with Crippen molar-refractivity contribution in [3.63, 3.8) is 0 Å². The largest absolute Gasteiger partial charge is 0.322 e. The van der Waals surface area contributed by atoms with Crippen LogP contribution in [0, 0.1) is 6.92 Å². The first-order chi connectivity index (χ1) is 10.1. The molecular weight excluding hydrogens is 262 g/mol. The molecule has 2 aromatic carbocycles. The molecule has 0 saturated heterocycles. The van der Waals surface area contributed by atoms with E-state index in [9.17, 15) is 4.79 Å². The van der Waals surface area contributed by atoms with Crippen LogP contribution < -0.4 is 11.3 Å². The summed E-state index contributed by atoms with van der Waals surface area (Å²) < 4.78 is 1.69. The van der Waals surface area contributed by atoms with Crippen molar-refractivity contribution in [3.05, 3.63) is 76.2 Å². The van der Waals surface area contributed by atoms with Crippen LogP contribution in [-0.4, -0.2) is 9.55 Å². The molecule has 106 valence electrons. The van der Waals surface area contributed by atoms with Crippen LogP contribution in [0.4, 0.5) is 0 Å². The molecule has 0 bridgehead atoms. The topological polar surface area (TPSA) is 60.9 Å². The van der Waals surface area contributed by atoms with Gasteiger partial charge in [-0.15, -0.1) is 0 Å². The molecular formula is C17H17N3O. The Morgan fingerprint density at radius 2 is 1.86 bits per heavy atom. The minimum atomic E-state index is -0.228. The fraction of sp³-hybridized carbons (Fsp3) is 0.176. The first kappa shape index (κ1) is 13.5. The lowest BCUT2D eigenvalue weighted by atomic mass is 10.1. The molecule has 0 aliphatic rings. The number of benzene rings is 2. The third-order valence-corrected chi connectivity index (χ3v) is 3.64. The van der Waals surface area contributed by atoms with E-state index in [4.69, 9.17) is 5.73 Å². The van der Waals surface area contributed by atoms with Crippen molar-refractivity contribution < 1.29 is 0 Å². The maximum absolute atomic E-state index is 12.1. The van der Waals surface area contributed by atoms with Crippen molar-refractivity contribution in [1.29, 1.82) is 0 Å². The van der Waals surface area contributed by atoms with E-state index < -0.39 is 0 Å². The zero-order chi connectivity index (χ0) is 14.8. The fourth-order valence-corrected chi connectivity index (χ4v) is 2.42. The van der Waals surface area contributed by atoms with Crippen molar-refractivity contribution in [2.24, 2.45) is 5.73 Å². The van der Waals surface area contributed by atoms with E-state index in [2.05, 4.69) is 4.98 Å². The van der Waals surface area contributed by atoms with Gasteiger partial charge in [0.2, 0.25) is 0 Å². The number of hydrogen-bond acceptors (Lipinski definition) is 3. The molecule has 4 nitrogen and oxygen atoms in total. The second-order valence-electron chi connectivity index (χ2n) is 5.21. The van der Waals surface area contributed by atoms with E-state index in [1.165, 1.54) is 11.8 Å². The average molecular weight is 279 g/mol. The summed E-state index contributed by atoms with van der Waals surface area (Å²) >= 11 is 0. The molecule has 21 heavy (non-hydrogen) atoms. The van der Waals surface area contributed by atoms with Crippen LogP contribution in [0.1, 0.15) is 17.2 Å². The number of nitrogens with two attached hydrogens (primary N) is 1. The van der Waals surface area contributed by atoms with E-state index in [0.29, 0.717) is 6.54 Å². The second kappa shape index (κ2) is 5.50. The van der Waals surface area contributed by atoms with Gasteiger partial charge in [0.25, 0.3) is 5.56 Å². The zero-order valence-electron chi connectivity index (χ0n) is 11.9. The number of rotatable bonds is 3. The van der Waals surface area contributed by atoms with Crippen molar-refractivity contribution in [2.75, 3.05) is 0 Å². The number of aryl methyl sites for hydroxylation is 1. The SMILES string of the molecule is Cc1ccc(C(N)Cn2c(=O)cnc3ccccc32)cc1. The third-order valence-electron chi connectivity index (χ3n) is 3.64. The Bertz CT molecular complexity index is 821. The predicted octanol–water partition coefficient (Wildman–Crippen LogP) is 2.40. The standard InChI is InChI=1S/C17H17N3O/c1-12-6-8-13(9-7-12)14(18)11-20-16-5-3-2-4-15(16)19-10-17(20)21/h2-10,14H,11,18H2,1H3. The Labute approximate surface area is 122 Å². The Kier molecular flexibility index (Phi) is 3.54. The van der Waals surface area contributed by atoms with Crippen LogP contribution >= 0.6 is 0 Å². The summed E-state index contributed by atoms with van der Waals surface area (Å²) in [5.74, 6) is 0. The highest BCUT2D eigenvalue weighted by Gasteiger charge is 2.10. The summed E-state index contributed by atoms with van der Waals surface area (Å²) in [6.07, 6.45) is 1.35. The lowest BCUT2D eigenvalue weighted by Crippen LogP contribution is -2.27. The summed E-state index contributed by atoms with van der Waals surface area (Å²) in [5.41, 5.74) is 9.95. The van der Waals surface area contributed by atoms with Gasteiger partial charge in [-0.05, 0) is 24.6 Å². The van der Waals surface area contributed by atoms with E-state index in [1.54, 1.807) is 4.57 Å². The summed E-state index contributed by atoms with van der Waals surface area (Å²) in [6.45, 7) is 2.47. The van der Waals surface area contributed by atoms with Crippen molar-refractivity contribution in [1.82, 2.24) is 9.55 Å². The Hall–Kier alpha value is -2.46. The molecule has 0 aliphatic carbocycles. The zero-order valence-corrected chi connectivity index (χ0v) is 11.9. The molecule has 1 aromatic heterocycles. The number of aromatic nitrogens is 2. The van der Waals surface area contributed by atoms with E-state index >= 15 is 0 Å². The summed E-state index contributed by atoms with van der Waals surface area (Å²) in [6, 6.07) is 15.4. The molecule has 0 spiro atoms. The molecule has 2 N–H and O–H groups in total. The predicted molar refractivity (Wildman–Crippen MR) is 84.1 cm³/mol. The quantitative estimate of drug-likeness (QED) is 0.801. The fourth-order valence-electron chi connectivity index (χ4n) is 2.42. The second-order valence-corrected chi connectivity index (χ2v) is 5.21. The van der Waals surface area contributed by atoms with Crippen molar-refractivity contribution in [3.8, 4) is 0 Å². The Balaban J connectivity index is 1.99. The minimum absolute atomic E-state index is 0.128. The first-order valence-electron chi connectivity index (χ1n) is 6.92. The molecule has 1 atom stereocenters. The average Bonchev–Trinajstić information content (AvgIpc) is 2.51. The van der Waals surface area contributed by atoms with Crippen molar-refractivity contribution in [2.45, 2.75) is 19.5 Å². The third kappa shape index (κ3) is 2.71. The maximum Gasteiger partial charge on any atom is 0.269 e. The molecule has 0 aliphatic heterocycles. The van der Waals surface area contributed by atoms with Gasteiger partial charge in [-0.1, -0.05) is 42.0 Å². The Morgan fingerprint density at radius 3 is 2.62 bits per heavy atom. The lowest BCUT2D eigenvalue weighted by Gasteiger charge is -2.16. The van der Waals surface area contributed by atoms with Crippen LogP contribution in [0.5, 0.6) is 0 Å². The number of nitrogens with zero attached hydrogens (tertiary/aromatic N) is 2. The molecule has 0 amide bonds. The molecule has 3 rings (SSSR count). The smallest absolute Gasteiger partial charge is 0.269 e. The van der Waals surface area contributed by atoms with Gasteiger partial charge >= 0.3 is 0 Å². The van der Waals surface area contributed by atoms with Gasteiger partial charge in [0, 0.05) is 12.6 Å². The number of para-hydroxylation sites is 2. The Morgan fingerprint density at radius 1 is 1.14 bits per heavy atom. The van der Waals surface area contributed by atoms with Gasteiger partial charge in [-0.2, -0.15) is 0 Å². The molecule has 0 fully saturated rings. The molecule has 1 unspecified atom stereocenters. The lowest BCUT2D eigenvalue weighted by molar-refractivity contribution is 0.575. The molecule has 0 saturated carbocycles. The van der Waals surface area contributed by atoms with Crippen LogP contribution in [0.3, 0.4) is 0 Å². The highest BCUT2D eigenvalue weighted by molar-refractivity contribution is 5.74. The van der Waals surface area contributed by atoms with Crippen molar-refractivity contribution >= 4 is 11.0 Å². The van der Waals surface area contributed by atoms with E-state index in [-0.39, 0.29) is 11.6 Å². The van der Waals surface area contributed by atoms with E-state index in [1.807, 2.05) is 55.5 Å². The highest BCUT2D eigenvalue weighted by Crippen LogP contribution is 2.15. The normalized spacial score (nSPS) is 12.5. The van der Waals surface area contributed by atoms with Crippen LogP contribution in [0.25, 0.3) is 11.0 Å². The summed E-state index contributed by atoms with van der Waals surface area (Å²) in [4.78, 5) is 16.3. The number of fused-ring (bicyclic) bond motifs is 1. The van der Waals surface area contributed by atoms with Gasteiger partial charge < -0.3 is 10.3 Å². The molecule has 3 aromatic rings. The number of hydrogen-bond donors (Lipinski definition) is 1. The molecule has 4 heteroatoms. The van der Waals surface area contributed by atoms with Gasteiger partial charge in [0.15, 0.2) is 0 Å². The molecule has 0 radical (unpaired) electrons. The maximum atomic E-state index is 12.1. The van der Waals surface area contributed by atoms with Gasteiger partial charge in [-0.3, -0.25) is 4.79 Å². The minimum Gasteiger partial charge on any atom is -0.322 e. The van der Waals surface area contributed by atoms with Crippen LogP contribution in [0.15, 0.2) is 59.5 Å². The van der Waals surface area contributed by atoms with Gasteiger partial charge in [0.05, 0.1) is 17.2 Å². The van der Waals surface area contributed by atoms with E-state index in [0.717, 1.165) is 16.6 Å². The molecule has 1 heterocycles. The van der Waals surface area contributed by atoms with Crippen LogP contribution in [-0.2, 0) is 6.54 Å².